The fourth-order valence-electron chi connectivity index (χ4n) is 1.47. The Morgan fingerprint density at radius 1 is 1.39 bits per heavy atom. The normalized spacial score (nSPS) is 11.2. The van der Waals surface area contributed by atoms with Crippen LogP contribution in [0.1, 0.15) is 32.8 Å². The molecule has 1 aromatic rings. The number of halogens is 1. The molecule has 0 unspecified atom stereocenters. The molecule has 100 valence electrons. The van der Waals surface area contributed by atoms with E-state index in [0.29, 0.717) is 6.54 Å². The van der Waals surface area contributed by atoms with Crippen LogP contribution in [-0.4, -0.2) is 18.0 Å². The van der Waals surface area contributed by atoms with Crippen molar-refractivity contribution in [3.8, 4) is 0 Å². The minimum Gasteiger partial charge on any atom is -0.376 e. The van der Waals surface area contributed by atoms with Crippen molar-refractivity contribution in [2.45, 2.75) is 39.7 Å². The van der Waals surface area contributed by atoms with Crippen molar-refractivity contribution in [3.63, 3.8) is 0 Å². The summed E-state index contributed by atoms with van der Waals surface area (Å²) in [5, 5.41) is 6.16. The number of hydrogen-bond donors (Lipinski definition) is 2. The molecule has 0 saturated carbocycles. The van der Waals surface area contributed by atoms with Crippen molar-refractivity contribution in [3.05, 3.63) is 28.2 Å². The SMILES string of the molecule is CCC(C)(C)NC(=O)CNc1cc(Br)ccc1C. The third-order valence-corrected chi connectivity index (χ3v) is 3.49. The summed E-state index contributed by atoms with van der Waals surface area (Å²) in [4.78, 5) is 11.8. The van der Waals surface area contributed by atoms with Crippen LogP contribution in [0.3, 0.4) is 0 Å². The standard InChI is InChI=1S/C14H21BrN2O/c1-5-14(3,4)17-13(18)9-16-12-8-11(15)7-6-10(12)2/h6-8,16H,5,9H2,1-4H3,(H,17,18). The van der Waals surface area contributed by atoms with E-state index in [1.807, 2.05) is 39.0 Å². The summed E-state index contributed by atoms with van der Waals surface area (Å²) in [5.41, 5.74) is 1.96. The van der Waals surface area contributed by atoms with E-state index in [1.165, 1.54) is 0 Å². The molecular formula is C14H21BrN2O. The van der Waals surface area contributed by atoms with Gasteiger partial charge in [0.1, 0.15) is 0 Å². The lowest BCUT2D eigenvalue weighted by atomic mass is 10.0. The number of benzene rings is 1. The van der Waals surface area contributed by atoms with Gasteiger partial charge in [0.15, 0.2) is 0 Å². The van der Waals surface area contributed by atoms with Crippen molar-refractivity contribution >= 4 is 27.5 Å². The zero-order valence-electron chi connectivity index (χ0n) is 11.4. The van der Waals surface area contributed by atoms with Gasteiger partial charge < -0.3 is 10.6 Å². The molecule has 2 N–H and O–H groups in total. The second-order valence-electron chi connectivity index (χ2n) is 5.10. The maximum absolute atomic E-state index is 11.8. The van der Waals surface area contributed by atoms with Crippen molar-refractivity contribution < 1.29 is 4.79 Å². The van der Waals surface area contributed by atoms with E-state index in [2.05, 4.69) is 33.5 Å². The van der Waals surface area contributed by atoms with Crippen molar-refractivity contribution in [2.75, 3.05) is 11.9 Å². The van der Waals surface area contributed by atoms with E-state index in [0.717, 1.165) is 22.1 Å². The van der Waals surface area contributed by atoms with Crippen LogP contribution in [-0.2, 0) is 4.79 Å². The highest BCUT2D eigenvalue weighted by atomic mass is 79.9. The third-order valence-electron chi connectivity index (χ3n) is 3.00. The van der Waals surface area contributed by atoms with E-state index in [1.54, 1.807) is 0 Å². The van der Waals surface area contributed by atoms with Crippen molar-refractivity contribution in [2.24, 2.45) is 0 Å². The van der Waals surface area contributed by atoms with Gasteiger partial charge in [0.2, 0.25) is 5.91 Å². The summed E-state index contributed by atoms with van der Waals surface area (Å²) in [5.74, 6) is 0.0150. The van der Waals surface area contributed by atoms with Gasteiger partial charge in [0.05, 0.1) is 6.54 Å². The molecule has 0 atom stereocenters. The van der Waals surface area contributed by atoms with Crippen LogP contribution < -0.4 is 10.6 Å². The van der Waals surface area contributed by atoms with Gasteiger partial charge in [0.25, 0.3) is 0 Å². The van der Waals surface area contributed by atoms with Gasteiger partial charge in [-0.25, -0.2) is 0 Å². The Morgan fingerprint density at radius 3 is 2.67 bits per heavy atom. The summed E-state index contributed by atoms with van der Waals surface area (Å²) < 4.78 is 1.00. The lowest BCUT2D eigenvalue weighted by Gasteiger charge is -2.24. The summed E-state index contributed by atoms with van der Waals surface area (Å²) in [7, 11) is 0. The molecule has 1 rings (SSSR count). The topological polar surface area (TPSA) is 41.1 Å². The molecule has 0 aromatic heterocycles. The monoisotopic (exact) mass is 312 g/mol. The van der Waals surface area contributed by atoms with Crippen molar-refractivity contribution in [1.29, 1.82) is 0 Å². The summed E-state index contributed by atoms with van der Waals surface area (Å²) >= 11 is 3.42. The lowest BCUT2D eigenvalue weighted by Crippen LogP contribution is -2.45. The number of carbonyl (C=O) groups excluding carboxylic acids is 1. The Morgan fingerprint density at radius 2 is 2.06 bits per heavy atom. The van der Waals surface area contributed by atoms with Gasteiger partial charge >= 0.3 is 0 Å². The minimum atomic E-state index is -0.148. The quantitative estimate of drug-likeness (QED) is 0.874. The maximum atomic E-state index is 11.8. The highest BCUT2D eigenvalue weighted by Crippen LogP contribution is 2.20. The van der Waals surface area contributed by atoms with Crippen LogP contribution in [0, 0.1) is 6.92 Å². The van der Waals surface area contributed by atoms with E-state index in [9.17, 15) is 4.79 Å². The molecule has 1 aromatic carbocycles. The predicted octanol–water partition coefficient (Wildman–Crippen LogP) is 3.47. The van der Waals surface area contributed by atoms with Gasteiger partial charge in [-0.2, -0.15) is 0 Å². The second kappa shape index (κ2) is 6.23. The predicted molar refractivity (Wildman–Crippen MR) is 79.9 cm³/mol. The van der Waals surface area contributed by atoms with E-state index < -0.39 is 0 Å². The van der Waals surface area contributed by atoms with E-state index in [-0.39, 0.29) is 11.4 Å². The molecule has 0 fully saturated rings. The van der Waals surface area contributed by atoms with Gasteiger partial charge in [-0.3, -0.25) is 4.79 Å². The van der Waals surface area contributed by atoms with Gasteiger partial charge in [-0.1, -0.05) is 28.9 Å². The molecule has 0 radical (unpaired) electrons. The average Bonchev–Trinajstić information content (AvgIpc) is 2.30. The fourth-order valence-corrected chi connectivity index (χ4v) is 1.83. The van der Waals surface area contributed by atoms with E-state index >= 15 is 0 Å². The van der Waals surface area contributed by atoms with Crippen molar-refractivity contribution in [1.82, 2.24) is 5.32 Å². The van der Waals surface area contributed by atoms with Crippen LogP contribution in [0.15, 0.2) is 22.7 Å². The molecule has 3 nitrogen and oxygen atoms in total. The zero-order chi connectivity index (χ0) is 13.8. The molecule has 0 spiro atoms. The molecule has 0 bridgehead atoms. The Hall–Kier alpha value is -1.03. The number of aryl methyl sites for hydroxylation is 1. The number of rotatable bonds is 5. The largest absolute Gasteiger partial charge is 0.376 e. The maximum Gasteiger partial charge on any atom is 0.239 e. The highest BCUT2D eigenvalue weighted by Gasteiger charge is 2.17. The molecule has 0 aliphatic carbocycles. The summed E-state index contributed by atoms with van der Waals surface area (Å²) in [6, 6.07) is 5.98. The van der Waals surface area contributed by atoms with Crippen LogP contribution in [0.4, 0.5) is 5.69 Å². The van der Waals surface area contributed by atoms with Crippen LogP contribution in [0.25, 0.3) is 0 Å². The minimum absolute atomic E-state index is 0.0150. The number of anilines is 1. The molecule has 0 aliphatic heterocycles. The average molecular weight is 313 g/mol. The first-order valence-corrected chi connectivity index (χ1v) is 6.94. The first-order valence-electron chi connectivity index (χ1n) is 6.15. The smallest absolute Gasteiger partial charge is 0.239 e. The van der Waals surface area contributed by atoms with Crippen LogP contribution in [0.2, 0.25) is 0 Å². The first kappa shape index (κ1) is 15.0. The van der Waals surface area contributed by atoms with Gasteiger partial charge in [0, 0.05) is 15.7 Å². The third kappa shape index (κ3) is 4.69. The molecular weight excluding hydrogens is 292 g/mol. The number of hydrogen-bond acceptors (Lipinski definition) is 2. The van der Waals surface area contributed by atoms with E-state index in [4.69, 9.17) is 0 Å². The number of carbonyl (C=O) groups is 1. The lowest BCUT2D eigenvalue weighted by molar-refractivity contribution is -0.121. The summed E-state index contributed by atoms with van der Waals surface area (Å²) in [6.45, 7) is 8.42. The first-order chi connectivity index (χ1) is 8.34. The Kier molecular flexibility index (Phi) is 5.20. The molecule has 0 heterocycles. The Labute approximate surface area is 117 Å². The van der Waals surface area contributed by atoms with Crippen LogP contribution >= 0.6 is 15.9 Å². The molecule has 1 amide bonds. The summed E-state index contributed by atoms with van der Waals surface area (Å²) in [6.07, 6.45) is 0.911. The molecule has 0 aliphatic rings. The van der Waals surface area contributed by atoms with Crippen LogP contribution in [0.5, 0.6) is 0 Å². The highest BCUT2D eigenvalue weighted by molar-refractivity contribution is 9.10. The molecule has 18 heavy (non-hydrogen) atoms. The van der Waals surface area contributed by atoms with Gasteiger partial charge in [-0.05, 0) is 44.9 Å². The van der Waals surface area contributed by atoms with Gasteiger partial charge in [-0.15, -0.1) is 0 Å². The Bertz CT molecular complexity index is 430. The fraction of sp³-hybridized carbons (Fsp3) is 0.500. The molecule has 0 saturated heterocycles. The number of amides is 1. The second-order valence-corrected chi connectivity index (χ2v) is 6.01. The number of nitrogens with one attached hydrogen (secondary N) is 2. The Balaban J connectivity index is 2.55. The zero-order valence-corrected chi connectivity index (χ0v) is 13.0. The molecule has 4 heteroatoms.